The van der Waals surface area contributed by atoms with E-state index in [-0.39, 0.29) is 0 Å². The van der Waals surface area contributed by atoms with Crippen LogP contribution in [0.15, 0.2) is 110 Å². The van der Waals surface area contributed by atoms with E-state index in [0.29, 0.717) is 0 Å². The quantitative estimate of drug-likeness (QED) is 0.229. The molecule has 0 spiro atoms. The number of para-hydroxylation sites is 1. The van der Waals surface area contributed by atoms with E-state index in [1.807, 2.05) is 24.7 Å². The summed E-state index contributed by atoms with van der Waals surface area (Å²) in [6.45, 7) is 0. The summed E-state index contributed by atoms with van der Waals surface area (Å²) in [5.74, 6) is 0. The number of hydrogen-bond acceptors (Lipinski definition) is 2. The minimum atomic E-state index is 0.930. The van der Waals surface area contributed by atoms with Crippen molar-refractivity contribution in [3.05, 3.63) is 121 Å². The molecule has 0 atom stereocenters. The van der Waals surface area contributed by atoms with E-state index in [1.165, 1.54) is 55.1 Å². The summed E-state index contributed by atoms with van der Waals surface area (Å²) in [5.41, 5.74) is 11.0. The molecular weight excluding hydrogens is 452 g/mol. The number of imidazole rings is 1. The molecule has 0 bridgehead atoms. The van der Waals surface area contributed by atoms with Gasteiger partial charge in [-0.15, -0.1) is 0 Å². The lowest BCUT2D eigenvalue weighted by Crippen LogP contribution is -1.96. The Morgan fingerprint density at radius 2 is 1.43 bits per heavy atom. The van der Waals surface area contributed by atoms with E-state index in [1.54, 1.807) is 0 Å². The molecule has 4 aromatic carbocycles. The summed E-state index contributed by atoms with van der Waals surface area (Å²) >= 11 is 0. The third-order valence-electron chi connectivity index (χ3n) is 8.02. The van der Waals surface area contributed by atoms with Crippen LogP contribution >= 0.6 is 0 Å². The van der Waals surface area contributed by atoms with Crippen molar-refractivity contribution in [2.45, 2.75) is 6.42 Å². The third-order valence-corrected chi connectivity index (χ3v) is 8.02. The van der Waals surface area contributed by atoms with E-state index in [2.05, 4.69) is 93.9 Å². The first-order valence-electron chi connectivity index (χ1n) is 12.6. The van der Waals surface area contributed by atoms with Gasteiger partial charge in [0, 0.05) is 51.4 Å². The molecule has 0 unspecified atom stereocenters. The third kappa shape index (κ3) is 2.42. The van der Waals surface area contributed by atoms with E-state index in [9.17, 15) is 0 Å². The normalized spacial score (nSPS) is 12.8. The van der Waals surface area contributed by atoms with Gasteiger partial charge in [-0.1, -0.05) is 54.6 Å². The van der Waals surface area contributed by atoms with Gasteiger partial charge in [-0.05, 0) is 64.9 Å². The van der Waals surface area contributed by atoms with Gasteiger partial charge in [0.25, 0.3) is 0 Å². The van der Waals surface area contributed by atoms with Crippen LogP contribution in [-0.2, 0) is 6.42 Å². The second-order valence-electron chi connectivity index (χ2n) is 9.91. The lowest BCUT2D eigenvalue weighted by Gasteiger charge is -2.12. The average molecular weight is 473 g/mol. The number of pyridine rings is 2. The lowest BCUT2D eigenvalue weighted by molar-refractivity contribution is 1.18. The van der Waals surface area contributed by atoms with E-state index in [4.69, 9.17) is 9.97 Å². The second-order valence-corrected chi connectivity index (χ2v) is 9.91. The Bertz CT molecular complexity index is 2220. The van der Waals surface area contributed by atoms with Gasteiger partial charge < -0.3 is 4.57 Å². The van der Waals surface area contributed by atoms with Crippen LogP contribution < -0.4 is 0 Å². The van der Waals surface area contributed by atoms with Gasteiger partial charge in [-0.2, -0.15) is 0 Å². The predicted molar refractivity (Wildman–Crippen MR) is 151 cm³/mol. The molecule has 4 aromatic heterocycles. The van der Waals surface area contributed by atoms with Crippen LogP contribution in [0.1, 0.15) is 11.1 Å². The van der Waals surface area contributed by atoms with Crippen LogP contribution in [0.2, 0.25) is 0 Å². The Morgan fingerprint density at radius 1 is 0.595 bits per heavy atom. The van der Waals surface area contributed by atoms with Crippen molar-refractivity contribution in [3.8, 4) is 16.8 Å². The zero-order chi connectivity index (χ0) is 24.1. The predicted octanol–water partition coefficient (Wildman–Crippen LogP) is 7.70. The fraction of sp³-hybridized carbons (Fsp3) is 0.0303. The molecule has 9 rings (SSSR count). The summed E-state index contributed by atoms with van der Waals surface area (Å²) in [5, 5.41) is 5.96. The summed E-state index contributed by atoms with van der Waals surface area (Å²) in [7, 11) is 0. The van der Waals surface area contributed by atoms with Crippen LogP contribution in [0.4, 0.5) is 0 Å². The average Bonchev–Trinajstić information content (AvgIpc) is 3.66. The number of rotatable bonds is 1. The minimum Gasteiger partial charge on any atom is -0.309 e. The summed E-state index contributed by atoms with van der Waals surface area (Å²) in [6.07, 6.45) is 6.70. The first kappa shape index (κ1) is 19.3. The molecule has 0 amide bonds. The number of fused-ring (bicyclic) bond motifs is 13. The topological polar surface area (TPSA) is 35.1 Å². The standard InChI is InChI=1S/C33H20N4/c1-2-8-22(9-3-1)37-29-19-26-25-11-6-14-34-32(25)36-16-15-35-33(36)28(26)18-27(29)24-13-12-21-17-20-7-4-5-10-23(20)30(21)31(24)37/h1-16,18-19H,17H2. The molecule has 0 fully saturated rings. The van der Waals surface area contributed by atoms with Gasteiger partial charge in [-0.3, -0.25) is 4.40 Å². The first-order valence-corrected chi connectivity index (χ1v) is 12.6. The summed E-state index contributed by atoms with van der Waals surface area (Å²) in [4.78, 5) is 9.48. The molecule has 8 aromatic rings. The molecule has 0 saturated carbocycles. The van der Waals surface area contributed by atoms with Crippen molar-refractivity contribution in [2.24, 2.45) is 0 Å². The van der Waals surface area contributed by atoms with Crippen molar-refractivity contribution >= 4 is 49.3 Å². The van der Waals surface area contributed by atoms with E-state index < -0.39 is 0 Å². The fourth-order valence-corrected chi connectivity index (χ4v) is 6.49. The molecule has 4 heteroatoms. The van der Waals surface area contributed by atoms with Crippen LogP contribution in [-0.4, -0.2) is 18.9 Å². The molecule has 0 aliphatic heterocycles. The number of aromatic nitrogens is 4. The largest absolute Gasteiger partial charge is 0.309 e. The Labute approximate surface area is 212 Å². The molecule has 37 heavy (non-hydrogen) atoms. The zero-order valence-corrected chi connectivity index (χ0v) is 19.9. The van der Waals surface area contributed by atoms with Crippen LogP contribution in [0.5, 0.6) is 0 Å². The van der Waals surface area contributed by atoms with Gasteiger partial charge in [0.2, 0.25) is 0 Å². The Kier molecular flexibility index (Phi) is 3.55. The Hall–Kier alpha value is -4.96. The van der Waals surface area contributed by atoms with Gasteiger partial charge >= 0.3 is 0 Å². The number of nitrogens with zero attached hydrogens (tertiary/aromatic N) is 4. The smallest absolute Gasteiger partial charge is 0.146 e. The summed E-state index contributed by atoms with van der Waals surface area (Å²) < 4.78 is 4.57. The molecule has 0 radical (unpaired) electrons. The van der Waals surface area contributed by atoms with Gasteiger partial charge in [0.15, 0.2) is 0 Å². The van der Waals surface area contributed by atoms with Gasteiger partial charge in [0.1, 0.15) is 11.3 Å². The van der Waals surface area contributed by atoms with Crippen LogP contribution in [0.3, 0.4) is 0 Å². The molecule has 0 saturated heterocycles. The van der Waals surface area contributed by atoms with E-state index in [0.717, 1.165) is 28.5 Å². The molecule has 4 heterocycles. The van der Waals surface area contributed by atoms with E-state index >= 15 is 0 Å². The molecule has 0 N–H and O–H groups in total. The monoisotopic (exact) mass is 472 g/mol. The van der Waals surface area contributed by atoms with Crippen molar-refractivity contribution in [1.29, 1.82) is 0 Å². The van der Waals surface area contributed by atoms with Crippen molar-refractivity contribution in [2.75, 3.05) is 0 Å². The van der Waals surface area contributed by atoms with Crippen molar-refractivity contribution in [3.63, 3.8) is 0 Å². The maximum absolute atomic E-state index is 4.75. The molecular formula is C33H20N4. The molecule has 172 valence electrons. The SMILES string of the molecule is c1ccc(-n2c3cc4c5cccnc5n5ccnc5c4cc3c3ccc4c(c32)-c2ccccc2C4)cc1. The van der Waals surface area contributed by atoms with Crippen LogP contribution in [0.25, 0.3) is 66.1 Å². The molecule has 4 nitrogen and oxygen atoms in total. The Morgan fingerprint density at radius 3 is 2.38 bits per heavy atom. The highest BCUT2D eigenvalue weighted by atomic mass is 15.0. The van der Waals surface area contributed by atoms with Gasteiger partial charge in [0.05, 0.1) is 11.0 Å². The first-order chi connectivity index (χ1) is 18.4. The summed E-state index contributed by atoms with van der Waals surface area (Å²) in [6, 6.07) is 33.1. The second kappa shape index (κ2) is 6.83. The van der Waals surface area contributed by atoms with Gasteiger partial charge in [-0.25, -0.2) is 9.97 Å². The highest BCUT2D eigenvalue weighted by Gasteiger charge is 2.25. The minimum absolute atomic E-state index is 0.930. The highest BCUT2D eigenvalue weighted by molar-refractivity contribution is 6.22. The highest BCUT2D eigenvalue weighted by Crippen LogP contribution is 2.46. The van der Waals surface area contributed by atoms with Crippen LogP contribution in [0, 0.1) is 0 Å². The maximum atomic E-state index is 4.75. The van der Waals surface area contributed by atoms with Crippen molar-refractivity contribution < 1.29 is 0 Å². The molecule has 1 aliphatic rings. The lowest BCUT2D eigenvalue weighted by atomic mass is 10.0. The van der Waals surface area contributed by atoms with Crippen molar-refractivity contribution in [1.82, 2.24) is 18.9 Å². The number of benzene rings is 4. The molecule has 1 aliphatic carbocycles. The maximum Gasteiger partial charge on any atom is 0.146 e. The Balaban J connectivity index is 1.55. The number of hydrogen-bond donors (Lipinski definition) is 0. The zero-order valence-electron chi connectivity index (χ0n) is 19.9. The fourth-order valence-electron chi connectivity index (χ4n) is 6.49.